The van der Waals surface area contributed by atoms with Crippen LogP contribution < -0.4 is 5.56 Å². The lowest BCUT2D eigenvalue weighted by Crippen LogP contribution is -2.39. The molecule has 5 heteroatoms. The summed E-state index contributed by atoms with van der Waals surface area (Å²) in [6.07, 6.45) is 2.95. The fourth-order valence-corrected chi connectivity index (χ4v) is 4.10. The Labute approximate surface area is 191 Å². The molecule has 0 aliphatic heterocycles. The fraction of sp³-hybridized carbons (Fsp3) is 0.444. The molecule has 0 saturated heterocycles. The second kappa shape index (κ2) is 10.6. The zero-order valence-electron chi connectivity index (χ0n) is 20.0. The summed E-state index contributed by atoms with van der Waals surface area (Å²) in [6.45, 7) is 11.0. The van der Waals surface area contributed by atoms with Gasteiger partial charge in [-0.25, -0.2) is 4.98 Å². The average molecular weight is 434 g/mol. The van der Waals surface area contributed by atoms with E-state index in [4.69, 9.17) is 4.98 Å². The number of carbonyl (C=O) groups is 1. The molecule has 3 aromatic rings. The molecule has 1 unspecified atom stereocenters. The summed E-state index contributed by atoms with van der Waals surface area (Å²) < 4.78 is 1.71. The summed E-state index contributed by atoms with van der Waals surface area (Å²) in [5, 5.41) is 0.584. The number of hydrogen-bond acceptors (Lipinski definition) is 3. The average Bonchev–Trinajstić information content (AvgIpc) is 2.81. The Balaban J connectivity index is 2.25. The van der Waals surface area contributed by atoms with Crippen molar-refractivity contribution >= 4 is 16.8 Å². The lowest BCUT2D eigenvalue weighted by Gasteiger charge is -2.33. The highest BCUT2D eigenvalue weighted by molar-refractivity contribution is 5.79. The van der Waals surface area contributed by atoms with Crippen LogP contribution in [0.3, 0.4) is 0 Å². The maximum Gasteiger partial charge on any atom is 0.266 e. The largest absolute Gasteiger partial charge is 0.333 e. The van der Waals surface area contributed by atoms with E-state index < -0.39 is 0 Å². The second-order valence-corrected chi connectivity index (χ2v) is 8.69. The van der Waals surface area contributed by atoms with Crippen LogP contribution >= 0.6 is 0 Å². The van der Waals surface area contributed by atoms with Gasteiger partial charge in [-0.15, -0.1) is 0 Å². The van der Waals surface area contributed by atoms with Crippen LogP contribution in [0.5, 0.6) is 0 Å². The molecule has 1 atom stereocenters. The third kappa shape index (κ3) is 4.93. The van der Waals surface area contributed by atoms with Gasteiger partial charge in [0.1, 0.15) is 5.82 Å². The van der Waals surface area contributed by atoms with Crippen molar-refractivity contribution < 1.29 is 4.79 Å². The molecule has 2 aromatic carbocycles. The molecular weight excluding hydrogens is 398 g/mol. The van der Waals surface area contributed by atoms with Crippen molar-refractivity contribution in [2.75, 3.05) is 6.54 Å². The third-order valence-electron chi connectivity index (χ3n) is 6.04. The minimum absolute atomic E-state index is 0.0905. The molecule has 170 valence electrons. The van der Waals surface area contributed by atoms with E-state index in [1.54, 1.807) is 4.57 Å². The van der Waals surface area contributed by atoms with Gasteiger partial charge in [0.05, 0.1) is 22.6 Å². The molecular formula is C27H35N3O2. The Kier molecular flexibility index (Phi) is 7.84. The quantitative estimate of drug-likeness (QED) is 0.436. The number of benzene rings is 2. The first-order valence-corrected chi connectivity index (χ1v) is 11.8. The van der Waals surface area contributed by atoms with Gasteiger partial charge in [-0.05, 0) is 55.0 Å². The van der Waals surface area contributed by atoms with Crippen molar-refractivity contribution in [3.63, 3.8) is 0 Å². The topological polar surface area (TPSA) is 55.2 Å². The molecule has 0 fully saturated rings. The first-order valence-electron chi connectivity index (χ1n) is 11.8. The van der Waals surface area contributed by atoms with E-state index in [1.807, 2.05) is 48.2 Å². The van der Waals surface area contributed by atoms with Gasteiger partial charge in [-0.3, -0.25) is 14.2 Å². The van der Waals surface area contributed by atoms with E-state index in [2.05, 4.69) is 39.8 Å². The van der Waals surface area contributed by atoms with Crippen molar-refractivity contribution in [1.29, 1.82) is 0 Å². The van der Waals surface area contributed by atoms with Crippen LogP contribution in [-0.4, -0.2) is 26.9 Å². The van der Waals surface area contributed by atoms with Gasteiger partial charge in [-0.1, -0.05) is 58.9 Å². The van der Waals surface area contributed by atoms with Crippen LogP contribution in [0.4, 0.5) is 0 Å². The lowest BCUT2D eigenvalue weighted by atomic mass is 10.1. The van der Waals surface area contributed by atoms with Gasteiger partial charge in [0.25, 0.3) is 5.56 Å². The van der Waals surface area contributed by atoms with E-state index >= 15 is 0 Å². The zero-order valence-corrected chi connectivity index (χ0v) is 20.0. The van der Waals surface area contributed by atoms with Crippen molar-refractivity contribution in [3.05, 3.63) is 70.3 Å². The van der Waals surface area contributed by atoms with Crippen LogP contribution in [0.25, 0.3) is 16.6 Å². The lowest BCUT2D eigenvalue weighted by molar-refractivity contribution is -0.133. The summed E-state index contributed by atoms with van der Waals surface area (Å²) >= 11 is 0. The standard InChI is InChI=1S/C27H35N3O2/c1-6-20-13-15-21(16-14-20)30-26(28-23-12-10-9-11-22(23)27(30)32)24(7-2)29(25(31)8-3)18-17-19(4)5/h9-16,19,24H,6-8,17-18H2,1-5H3. The number of nitrogens with zero attached hydrogens (tertiary/aromatic N) is 3. The maximum atomic E-state index is 13.7. The van der Waals surface area contributed by atoms with Crippen molar-refractivity contribution in [1.82, 2.24) is 14.5 Å². The normalized spacial score (nSPS) is 12.3. The number of amides is 1. The molecule has 32 heavy (non-hydrogen) atoms. The monoisotopic (exact) mass is 433 g/mol. The molecule has 3 rings (SSSR count). The van der Waals surface area contributed by atoms with Crippen LogP contribution in [0, 0.1) is 5.92 Å². The zero-order chi connectivity index (χ0) is 23.3. The molecule has 1 amide bonds. The van der Waals surface area contributed by atoms with E-state index in [1.165, 1.54) is 5.56 Å². The summed E-state index contributed by atoms with van der Waals surface area (Å²) in [5.41, 5.74) is 2.57. The molecule has 0 aliphatic rings. The molecule has 5 nitrogen and oxygen atoms in total. The first kappa shape index (κ1) is 23.7. The summed E-state index contributed by atoms with van der Waals surface area (Å²) in [6, 6.07) is 15.2. The Morgan fingerprint density at radius 1 is 1.03 bits per heavy atom. The van der Waals surface area contributed by atoms with Crippen molar-refractivity contribution in [2.24, 2.45) is 5.92 Å². The predicted molar refractivity (Wildman–Crippen MR) is 131 cm³/mol. The fourth-order valence-electron chi connectivity index (χ4n) is 4.10. The van der Waals surface area contributed by atoms with Gasteiger partial charge in [0.15, 0.2) is 0 Å². The van der Waals surface area contributed by atoms with Gasteiger partial charge in [0.2, 0.25) is 5.91 Å². The Morgan fingerprint density at radius 2 is 1.72 bits per heavy atom. The second-order valence-electron chi connectivity index (χ2n) is 8.69. The molecule has 0 saturated carbocycles. The highest BCUT2D eigenvalue weighted by Gasteiger charge is 2.28. The van der Waals surface area contributed by atoms with Gasteiger partial charge in [0, 0.05) is 13.0 Å². The Hall–Kier alpha value is -2.95. The molecule has 0 radical (unpaired) electrons. The summed E-state index contributed by atoms with van der Waals surface area (Å²) in [5.74, 6) is 1.20. The highest BCUT2D eigenvalue weighted by Crippen LogP contribution is 2.27. The van der Waals surface area contributed by atoms with E-state index in [-0.39, 0.29) is 17.5 Å². The van der Waals surface area contributed by atoms with E-state index in [0.717, 1.165) is 18.5 Å². The number of aryl methyl sites for hydroxylation is 1. The van der Waals surface area contributed by atoms with Gasteiger partial charge < -0.3 is 4.90 Å². The van der Waals surface area contributed by atoms with Gasteiger partial charge in [-0.2, -0.15) is 0 Å². The Morgan fingerprint density at radius 3 is 2.31 bits per heavy atom. The van der Waals surface area contributed by atoms with E-state index in [0.29, 0.717) is 42.0 Å². The Bertz CT molecular complexity index is 1120. The molecule has 0 N–H and O–H groups in total. The van der Waals surface area contributed by atoms with Crippen molar-refractivity contribution in [2.45, 2.75) is 66.3 Å². The van der Waals surface area contributed by atoms with Gasteiger partial charge >= 0.3 is 0 Å². The van der Waals surface area contributed by atoms with Crippen LogP contribution in [0.15, 0.2) is 53.3 Å². The number of fused-ring (bicyclic) bond motifs is 1. The summed E-state index contributed by atoms with van der Waals surface area (Å²) in [7, 11) is 0. The number of aromatic nitrogens is 2. The van der Waals surface area contributed by atoms with Crippen molar-refractivity contribution in [3.8, 4) is 5.69 Å². The molecule has 1 heterocycles. The molecule has 0 aliphatic carbocycles. The van der Waals surface area contributed by atoms with Crippen LogP contribution in [-0.2, 0) is 11.2 Å². The minimum atomic E-state index is -0.274. The third-order valence-corrected chi connectivity index (χ3v) is 6.04. The smallest absolute Gasteiger partial charge is 0.266 e. The summed E-state index contributed by atoms with van der Waals surface area (Å²) in [4.78, 5) is 33.5. The SMILES string of the molecule is CCC(=O)N(CCC(C)C)C(CC)c1nc2ccccc2c(=O)n1-c1ccc(CC)cc1. The van der Waals surface area contributed by atoms with E-state index in [9.17, 15) is 9.59 Å². The first-order chi connectivity index (χ1) is 15.4. The number of rotatable bonds is 9. The molecule has 1 aromatic heterocycles. The maximum absolute atomic E-state index is 13.7. The number of carbonyl (C=O) groups excluding carboxylic acids is 1. The molecule has 0 bridgehead atoms. The predicted octanol–water partition coefficient (Wildman–Crippen LogP) is 5.68. The minimum Gasteiger partial charge on any atom is -0.333 e. The highest BCUT2D eigenvalue weighted by atomic mass is 16.2. The molecule has 0 spiro atoms. The van der Waals surface area contributed by atoms with Crippen LogP contribution in [0.2, 0.25) is 0 Å². The van der Waals surface area contributed by atoms with Crippen LogP contribution in [0.1, 0.15) is 71.3 Å². The number of para-hydroxylation sites is 1. The number of hydrogen-bond donors (Lipinski definition) is 0.